The van der Waals surface area contributed by atoms with Gasteiger partial charge in [0.2, 0.25) is 0 Å². The van der Waals surface area contributed by atoms with E-state index in [0.29, 0.717) is 0 Å². The van der Waals surface area contributed by atoms with Gasteiger partial charge in [0.1, 0.15) is 0 Å². The molecule has 4 heteroatoms. The summed E-state index contributed by atoms with van der Waals surface area (Å²) in [6.07, 6.45) is 3.28. The van der Waals surface area contributed by atoms with Crippen molar-refractivity contribution in [2.75, 3.05) is 13.1 Å². The third kappa shape index (κ3) is 2.49. The average Bonchev–Trinajstić information content (AvgIpc) is 2.82. The largest absolute Gasteiger partial charge is 0.480 e. The zero-order valence-electron chi connectivity index (χ0n) is 10.8. The van der Waals surface area contributed by atoms with Gasteiger partial charge in [-0.2, -0.15) is 0 Å². The van der Waals surface area contributed by atoms with Crippen molar-refractivity contribution >= 4 is 16.9 Å². The monoisotopic (exact) mass is 258 g/mol. The lowest BCUT2D eigenvalue weighted by molar-refractivity contribution is -0.139. The van der Waals surface area contributed by atoms with Crippen LogP contribution < -0.4 is 0 Å². The molecule has 1 aliphatic rings. The smallest absolute Gasteiger partial charge is 0.317 e. The van der Waals surface area contributed by atoms with Crippen LogP contribution in [0, 0.1) is 0 Å². The number of piperidine rings is 1. The second kappa shape index (κ2) is 5.05. The summed E-state index contributed by atoms with van der Waals surface area (Å²) in [5, 5.41) is 10.2. The van der Waals surface area contributed by atoms with Crippen LogP contribution >= 0.6 is 0 Å². The fraction of sp³-hybridized carbons (Fsp3) is 0.400. The quantitative estimate of drug-likeness (QED) is 0.890. The van der Waals surface area contributed by atoms with Gasteiger partial charge in [0.15, 0.2) is 0 Å². The maximum absolute atomic E-state index is 11.0. The van der Waals surface area contributed by atoms with Crippen LogP contribution in [0.15, 0.2) is 30.3 Å². The fourth-order valence-corrected chi connectivity index (χ4v) is 2.98. The van der Waals surface area contributed by atoms with E-state index in [9.17, 15) is 4.79 Å². The van der Waals surface area contributed by atoms with E-state index in [0.717, 1.165) is 37.0 Å². The minimum atomic E-state index is -0.747. The number of hydrogen-bond acceptors (Lipinski definition) is 2. The number of carboxylic acids is 1. The Morgan fingerprint density at radius 2 is 2.21 bits per heavy atom. The van der Waals surface area contributed by atoms with Crippen molar-refractivity contribution in [1.29, 1.82) is 0 Å². The number of H-pyrrole nitrogens is 1. The molecule has 19 heavy (non-hydrogen) atoms. The number of nitrogens with one attached hydrogen (secondary N) is 1. The van der Waals surface area contributed by atoms with Gasteiger partial charge in [0.05, 0.1) is 12.6 Å². The number of aromatic nitrogens is 1. The van der Waals surface area contributed by atoms with Gasteiger partial charge >= 0.3 is 5.97 Å². The highest BCUT2D eigenvalue weighted by molar-refractivity contribution is 5.80. The van der Waals surface area contributed by atoms with E-state index >= 15 is 0 Å². The van der Waals surface area contributed by atoms with Crippen LogP contribution in [0.25, 0.3) is 10.9 Å². The topological polar surface area (TPSA) is 56.3 Å². The first-order valence-corrected chi connectivity index (χ1v) is 6.77. The van der Waals surface area contributed by atoms with Crippen molar-refractivity contribution in [3.05, 3.63) is 36.0 Å². The second-order valence-electron chi connectivity index (χ2n) is 5.19. The number of nitrogens with zero attached hydrogens (tertiary/aromatic N) is 1. The maximum atomic E-state index is 11.0. The number of hydrogen-bond donors (Lipinski definition) is 2. The molecule has 1 saturated heterocycles. The molecule has 3 rings (SSSR count). The second-order valence-corrected chi connectivity index (χ2v) is 5.19. The number of carbonyl (C=O) groups is 1. The molecule has 0 saturated carbocycles. The molecule has 0 amide bonds. The minimum absolute atomic E-state index is 0.125. The van der Waals surface area contributed by atoms with Gasteiger partial charge in [-0.3, -0.25) is 9.69 Å². The Kier molecular flexibility index (Phi) is 3.25. The lowest BCUT2D eigenvalue weighted by atomic mass is 9.99. The molecule has 2 N–H and O–H groups in total. The summed E-state index contributed by atoms with van der Waals surface area (Å²) in [6.45, 7) is 0.992. The summed E-state index contributed by atoms with van der Waals surface area (Å²) in [6, 6.07) is 10.5. The highest BCUT2D eigenvalue weighted by Crippen LogP contribution is 2.31. The molecule has 1 unspecified atom stereocenters. The molecule has 0 bridgehead atoms. The molecule has 1 fully saturated rings. The molecule has 1 atom stereocenters. The normalized spacial score (nSPS) is 20.7. The van der Waals surface area contributed by atoms with E-state index in [1.807, 2.05) is 12.1 Å². The van der Waals surface area contributed by atoms with Gasteiger partial charge in [0.25, 0.3) is 0 Å². The lowest BCUT2D eigenvalue weighted by Crippen LogP contribution is -2.37. The molecule has 4 nitrogen and oxygen atoms in total. The molecule has 2 aromatic rings. The molecule has 1 aromatic carbocycles. The van der Waals surface area contributed by atoms with Crippen LogP contribution in [0.1, 0.15) is 31.0 Å². The zero-order chi connectivity index (χ0) is 13.2. The average molecular weight is 258 g/mol. The molecule has 1 aromatic heterocycles. The van der Waals surface area contributed by atoms with E-state index in [4.69, 9.17) is 5.11 Å². The molecule has 2 heterocycles. The summed E-state index contributed by atoms with van der Waals surface area (Å²) in [5.41, 5.74) is 2.26. The standard InChI is InChI=1S/C15H18N2O2/c18-15(19)10-17-8-4-3-7-14(17)13-9-11-5-1-2-6-12(11)16-13/h1-2,5-6,9,14,16H,3-4,7-8,10H2,(H,18,19). The van der Waals surface area contributed by atoms with Crippen molar-refractivity contribution in [2.45, 2.75) is 25.3 Å². The Labute approximate surface area is 112 Å². The molecular formula is C15H18N2O2. The van der Waals surface area contributed by atoms with Crippen LogP contribution in [0.3, 0.4) is 0 Å². The maximum Gasteiger partial charge on any atom is 0.317 e. The number of aliphatic carboxylic acids is 1. The number of para-hydroxylation sites is 1. The van der Waals surface area contributed by atoms with Crippen molar-refractivity contribution in [3.63, 3.8) is 0 Å². The van der Waals surface area contributed by atoms with Gasteiger partial charge in [-0.05, 0) is 36.9 Å². The highest BCUT2D eigenvalue weighted by atomic mass is 16.4. The molecule has 1 aliphatic heterocycles. The third-order valence-electron chi connectivity index (χ3n) is 3.86. The highest BCUT2D eigenvalue weighted by Gasteiger charge is 2.26. The predicted molar refractivity (Wildman–Crippen MR) is 74.1 cm³/mol. The SMILES string of the molecule is O=C(O)CN1CCCCC1c1cc2ccccc2[nH]1. The van der Waals surface area contributed by atoms with Gasteiger partial charge in [-0.15, -0.1) is 0 Å². The Morgan fingerprint density at radius 1 is 1.37 bits per heavy atom. The van der Waals surface area contributed by atoms with Crippen molar-refractivity contribution in [3.8, 4) is 0 Å². The van der Waals surface area contributed by atoms with E-state index in [2.05, 4.69) is 28.1 Å². The van der Waals surface area contributed by atoms with E-state index in [1.54, 1.807) is 0 Å². The van der Waals surface area contributed by atoms with E-state index in [1.165, 1.54) is 5.39 Å². The van der Waals surface area contributed by atoms with Gasteiger partial charge < -0.3 is 10.1 Å². The van der Waals surface area contributed by atoms with Crippen LogP contribution in [-0.2, 0) is 4.79 Å². The van der Waals surface area contributed by atoms with Crippen LogP contribution in [0.5, 0.6) is 0 Å². The van der Waals surface area contributed by atoms with E-state index in [-0.39, 0.29) is 12.6 Å². The van der Waals surface area contributed by atoms with Gasteiger partial charge in [0, 0.05) is 11.2 Å². The Bertz CT molecular complexity index is 558. The number of aromatic amines is 1. The summed E-state index contributed by atoms with van der Waals surface area (Å²) < 4.78 is 0. The molecule has 100 valence electrons. The Balaban J connectivity index is 1.91. The van der Waals surface area contributed by atoms with Crippen molar-refractivity contribution < 1.29 is 9.90 Å². The zero-order valence-corrected chi connectivity index (χ0v) is 10.8. The Hall–Kier alpha value is -1.81. The van der Waals surface area contributed by atoms with Crippen molar-refractivity contribution in [1.82, 2.24) is 9.88 Å². The predicted octanol–water partition coefficient (Wildman–Crippen LogP) is 2.78. The first-order valence-electron chi connectivity index (χ1n) is 6.77. The number of likely N-dealkylation sites (tertiary alicyclic amines) is 1. The number of rotatable bonds is 3. The summed E-state index contributed by atoms with van der Waals surface area (Å²) in [5.74, 6) is -0.747. The van der Waals surface area contributed by atoms with Gasteiger partial charge in [-0.25, -0.2) is 0 Å². The first kappa shape index (κ1) is 12.2. The lowest BCUT2D eigenvalue weighted by Gasteiger charge is -2.33. The summed E-state index contributed by atoms with van der Waals surface area (Å²) >= 11 is 0. The number of benzene rings is 1. The Morgan fingerprint density at radius 3 is 3.00 bits per heavy atom. The first-order chi connectivity index (χ1) is 9.24. The summed E-state index contributed by atoms with van der Waals surface area (Å²) in [4.78, 5) is 16.5. The molecule has 0 aliphatic carbocycles. The molecule has 0 spiro atoms. The molecule has 0 radical (unpaired) electrons. The van der Waals surface area contributed by atoms with E-state index < -0.39 is 5.97 Å². The van der Waals surface area contributed by atoms with Gasteiger partial charge in [-0.1, -0.05) is 24.6 Å². The van der Waals surface area contributed by atoms with Crippen LogP contribution in [0.4, 0.5) is 0 Å². The van der Waals surface area contributed by atoms with Crippen LogP contribution in [-0.4, -0.2) is 34.0 Å². The number of carboxylic acid groups (broad SMARTS) is 1. The number of fused-ring (bicyclic) bond motifs is 1. The fourth-order valence-electron chi connectivity index (χ4n) is 2.98. The third-order valence-corrected chi connectivity index (χ3v) is 3.86. The minimum Gasteiger partial charge on any atom is -0.480 e. The van der Waals surface area contributed by atoms with Crippen molar-refractivity contribution in [2.24, 2.45) is 0 Å². The van der Waals surface area contributed by atoms with Crippen LogP contribution in [0.2, 0.25) is 0 Å². The summed E-state index contributed by atoms with van der Waals surface area (Å²) in [7, 11) is 0. The molecular weight excluding hydrogens is 240 g/mol.